The summed E-state index contributed by atoms with van der Waals surface area (Å²) in [6.45, 7) is 2.01. The highest BCUT2D eigenvalue weighted by atomic mass is 16.5. The number of nitrogen functional groups attached to an aromatic ring is 1. The summed E-state index contributed by atoms with van der Waals surface area (Å²) >= 11 is 0. The molecule has 2 N–H and O–H groups in total. The van der Waals surface area contributed by atoms with Gasteiger partial charge in [-0.05, 0) is 36.6 Å². The molecule has 1 aromatic heterocycles. The van der Waals surface area contributed by atoms with Crippen LogP contribution >= 0.6 is 0 Å². The Labute approximate surface area is 106 Å². The summed E-state index contributed by atoms with van der Waals surface area (Å²) in [7, 11) is 0. The van der Waals surface area contributed by atoms with E-state index in [4.69, 9.17) is 10.3 Å². The van der Waals surface area contributed by atoms with E-state index in [0.717, 1.165) is 18.7 Å². The predicted octanol–water partition coefficient (Wildman–Crippen LogP) is 2.31. The van der Waals surface area contributed by atoms with Gasteiger partial charge < -0.3 is 15.2 Å². The molecule has 0 radical (unpaired) electrons. The number of anilines is 2. The lowest BCUT2D eigenvalue weighted by molar-refractivity contribution is 0.426. The van der Waals surface area contributed by atoms with Crippen molar-refractivity contribution in [1.29, 1.82) is 0 Å². The quantitative estimate of drug-likeness (QED) is 0.821. The van der Waals surface area contributed by atoms with Gasteiger partial charge in [-0.2, -0.15) is 4.98 Å². The molecule has 2 aromatic rings. The maximum Gasteiger partial charge on any atom is 0.266 e. The summed E-state index contributed by atoms with van der Waals surface area (Å²) < 4.78 is 5.30. The number of rotatable bonds is 2. The van der Waals surface area contributed by atoms with Crippen LogP contribution in [0.15, 0.2) is 28.8 Å². The average molecular weight is 244 g/mol. The van der Waals surface area contributed by atoms with Crippen LogP contribution in [0, 0.1) is 0 Å². The fraction of sp³-hybridized carbons (Fsp3) is 0.385. The largest absolute Gasteiger partial charge is 0.398 e. The average Bonchev–Trinajstić information content (AvgIpc) is 2.90. The van der Waals surface area contributed by atoms with Gasteiger partial charge in [0.25, 0.3) is 11.8 Å². The number of nitrogens with zero attached hydrogens (tertiary/aromatic N) is 3. The fourth-order valence-electron chi connectivity index (χ4n) is 2.24. The lowest BCUT2D eigenvalue weighted by Gasteiger charge is -2.24. The lowest BCUT2D eigenvalue weighted by atomic mass is 10.1. The predicted molar refractivity (Wildman–Crippen MR) is 70.2 cm³/mol. The first-order valence-corrected chi connectivity index (χ1v) is 6.28. The van der Waals surface area contributed by atoms with E-state index in [0.29, 0.717) is 17.5 Å². The Morgan fingerprint density at radius 1 is 1.11 bits per heavy atom. The van der Waals surface area contributed by atoms with Gasteiger partial charge >= 0.3 is 0 Å². The molecule has 0 aliphatic carbocycles. The minimum absolute atomic E-state index is 0.494. The van der Waals surface area contributed by atoms with Crippen LogP contribution < -0.4 is 10.6 Å². The van der Waals surface area contributed by atoms with Gasteiger partial charge in [0.1, 0.15) is 0 Å². The standard InChI is InChI=1S/C13H16N4O/c14-11-7-3-2-6-10(11)12-15-13(16-18-12)17-8-4-1-5-9-17/h2-3,6-7H,1,4-5,8-9,14H2. The van der Waals surface area contributed by atoms with E-state index in [9.17, 15) is 0 Å². The molecule has 1 aliphatic heterocycles. The van der Waals surface area contributed by atoms with Crippen molar-refractivity contribution >= 4 is 11.6 Å². The van der Waals surface area contributed by atoms with Gasteiger partial charge in [-0.25, -0.2) is 0 Å². The van der Waals surface area contributed by atoms with Gasteiger partial charge in [-0.1, -0.05) is 12.1 Å². The summed E-state index contributed by atoms with van der Waals surface area (Å²) in [4.78, 5) is 6.60. The molecule has 1 aromatic carbocycles. The van der Waals surface area contributed by atoms with Crippen LogP contribution in [0.5, 0.6) is 0 Å². The van der Waals surface area contributed by atoms with E-state index >= 15 is 0 Å². The van der Waals surface area contributed by atoms with Gasteiger partial charge in [-0.3, -0.25) is 0 Å². The van der Waals surface area contributed by atoms with Gasteiger partial charge in [0.05, 0.1) is 5.56 Å². The SMILES string of the molecule is Nc1ccccc1-c1nc(N2CCCCC2)no1. The fourth-order valence-corrected chi connectivity index (χ4v) is 2.24. The number of benzene rings is 1. The monoisotopic (exact) mass is 244 g/mol. The molecule has 5 heteroatoms. The topological polar surface area (TPSA) is 68.2 Å². The number of hydrogen-bond donors (Lipinski definition) is 1. The maximum absolute atomic E-state index is 5.90. The highest BCUT2D eigenvalue weighted by Crippen LogP contribution is 2.26. The Balaban J connectivity index is 1.87. The Morgan fingerprint density at radius 3 is 2.67 bits per heavy atom. The Hall–Kier alpha value is -2.04. The van der Waals surface area contributed by atoms with E-state index in [1.165, 1.54) is 19.3 Å². The van der Waals surface area contributed by atoms with Gasteiger partial charge in [0, 0.05) is 18.8 Å². The van der Waals surface area contributed by atoms with E-state index in [-0.39, 0.29) is 0 Å². The number of para-hydroxylation sites is 1. The molecule has 0 bridgehead atoms. The van der Waals surface area contributed by atoms with Crippen LogP contribution in [0.1, 0.15) is 19.3 Å². The first kappa shape index (κ1) is 11.1. The summed E-state index contributed by atoms with van der Waals surface area (Å²) in [6.07, 6.45) is 3.67. The van der Waals surface area contributed by atoms with Crippen molar-refractivity contribution in [3.63, 3.8) is 0 Å². The van der Waals surface area contributed by atoms with E-state index in [2.05, 4.69) is 15.0 Å². The van der Waals surface area contributed by atoms with Gasteiger partial charge in [0.15, 0.2) is 0 Å². The lowest BCUT2D eigenvalue weighted by Crippen LogP contribution is -2.30. The zero-order chi connectivity index (χ0) is 12.4. The van der Waals surface area contributed by atoms with Crippen molar-refractivity contribution < 1.29 is 4.52 Å². The van der Waals surface area contributed by atoms with Crippen LogP contribution in [0.4, 0.5) is 11.6 Å². The van der Waals surface area contributed by atoms with Crippen LogP contribution in [0.3, 0.4) is 0 Å². The molecule has 0 saturated carbocycles. The Bertz CT molecular complexity index is 531. The number of aromatic nitrogens is 2. The summed E-state index contributed by atoms with van der Waals surface area (Å²) in [5.74, 6) is 1.17. The molecule has 5 nitrogen and oxygen atoms in total. The molecule has 18 heavy (non-hydrogen) atoms. The molecule has 1 saturated heterocycles. The van der Waals surface area contributed by atoms with Crippen LogP contribution in [-0.2, 0) is 0 Å². The van der Waals surface area contributed by atoms with Gasteiger partial charge in [-0.15, -0.1) is 0 Å². The number of hydrogen-bond acceptors (Lipinski definition) is 5. The normalized spacial score (nSPS) is 15.9. The second-order valence-electron chi connectivity index (χ2n) is 4.53. The molecule has 0 spiro atoms. The molecule has 0 unspecified atom stereocenters. The molecular formula is C13H16N4O. The third-order valence-electron chi connectivity index (χ3n) is 3.25. The van der Waals surface area contributed by atoms with Crippen molar-refractivity contribution in [2.75, 3.05) is 23.7 Å². The summed E-state index contributed by atoms with van der Waals surface area (Å²) in [5, 5.41) is 4.04. The van der Waals surface area contributed by atoms with Crippen LogP contribution in [0.2, 0.25) is 0 Å². The van der Waals surface area contributed by atoms with E-state index in [1.54, 1.807) is 0 Å². The molecular weight excluding hydrogens is 228 g/mol. The molecule has 0 atom stereocenters. The highest BCUT2D eigenvalue weighted by Gasteiger charge is 2.18. The zero-order valence-corrected chi connectivity index (χ0v) is 10.2. The van der Waals surface area contributed by atoms with Crippen molar-refractivity contribution in [3.05, 3.63) is 24.3 Å². The first-order valence-electron chi connectivity index (χ1n) is 6.28. The summed E-state index contributed by atoms with van der Waals surface area (Å²) in [6, 6.07) is 7.53. The smallest absolute Gasteiger partial charge is 0.266 e. The van der Waals surface area contributed by atoms with Crippen molar-refractivity contribution in [2.45, 2.75) is 19.3 Å². The molecule has 1 fully saturated rings. The van der Waals surface area contributed by atoms with Crippen molar-refractivity contribution in [2.24, 2.45) is 0 Å². The molecule has 94 valence electrons. The zero-order valence-electron chi connectivity index (χ0n) is 10.2. The molecule has 3 rings (SSSR count). The first-order chi connectivity index (χ1) is 8.84. The highest BCUT2D eigenvalue weighted by molar-refractivity contribution is 5.70. The second kappa shape index (κ2) is 4.68. The Kier molecular flexibility index (Phi) is 2.88. The van der Waals surface area contributed by atoms with Crippen LogP contribution in [0.25, 0.3) is 11.5 Å². The minimum atomic E-state index is 0.494. The van der Waals surface area contributed by atoms with Crippen molar-refractivity contribution in [3.8, 4) is 11.5 Å². The third-order valence-corrected chi connectivity index (χ3v) is 3.25. The number of nitrogens with two attached hydrogens (primary N) is 1. The third kappa shape index (κ3) is 2.03. The minimum Gasteiger partial charge on any atom is -0.398 e. The number of piperidine rings is 1. The van der Waals surface area contributed by atoms with E-state index in [1.807, 2.05) is 24.3 Å². The molecule has 1 aliphatic rings. The Morgan fingerprint density at radius 2 is 1.89 bits per heavy atom. The van der Waals surface area contributed by atoms with Gasteiger partial charge in [0.2, 0.25) is 0 Å². The van der Waals surface area contributed by atoms with E-state index < -0.39 is 0 Å². The maximum atomic E-state index is 5.90. The molecule has 0 amide bonds. The van der Waals surface area contributed by atoms with Crippen LogP contribution in [-0.4, -0.2) is 23.2 Å². The second-order valence-corrected chi connectivity index (χ2v) is 4.53. The van der Waals surface area contributed by atoms with Crippen molar-refractivity contribution in [1.82, 2.24) is 10.1 Å². The molecule has 2 heterocycles. The summed E-state index contributed by atoms with van der Waals surface area (Å²) in [5.41, 5.74) is 7.36.